The second-order valence-electron chi connectivity index (χ2n) is 8.85. The number of piperazine rings is 1. The number of benzene rings is 2. The van der Waals surface area contributed by atoms with Gasteiger partial charge in [0, 0.05) is 32.4 Å². The highest BCUT2D eigenvalue weighted by atomic mass is 16.6. The third-order valence-electron chi connectivity index (χ3n) is 5.36. The molecule has 1 unspecified atom stereocenters. The van der Waals surface area contributed by atoms with Crippen LogP contribution < -0.4 is 5.32 Å². The molecule has 1 fully saturated rings. The van der Waals surface area contributed by atoms with Crippen LogP contribution in [-0.2, 0) is 21.6 Å². The maximum atomic E-state index is 13.2. The molecule has 3 rings (SSSR count). The van der Waals surface area contributed by atoms with Crippen LogP contribution in [0, 0.1) is 0 Å². The van der Waals surface area contributed by atoms with Crippen molar-refractivity contribution in [2.45, 2.75) is 45.4 Å². The first-order valence-corrected chi connectivity index (χ1v) is 10.3. The van der Waals surface area contributed by atoms with Gasteiger partial charge in [0.05, 0.1) is 0 Å². The number of carbonyl (C=O) groups is 2. The van der Waals surface area contributed by atoms with Gasteiger partial charge < -0.3 is 15.0 Å². The van der Waals surface area contributed by atoms with Crippen molar-refractivity contribution in [1.29, 1.82) is 0 Å². The van der Waals surface area contributed by atoms with E-state index < -0.39 is 17.2 Å². The molecule has 0 aliphatic carbocycles. The largest absolute Gasteiger partial charge is 0.444 e. The van der Waals surface area contributed by atoms with Gasteiger partial charge in [-0.05, 0) is 51.0 Å². The van der Waals surface area contributed by atoms with Gasteiger partial charge in [-0.2, -0.15) is 0 Å². The Morgan fingerprint density at radius 3 is 2.30 bits per heavy atom. The number of nitrogens with one attached hydrogen (secondary N) is 1. The topological polar surface area (TPSA) is 61.9 Å². The smallest absolute Gasteiger partial charge is 0.411 e. The number of rotatable bonds is 4. The lowest BCUT2D eigenvalue weighted by Crippen LogP contribution is -2.63. The molecule has 1 heterocycles. The molecule has 1 atom stereocenters. The zero-order chi connectivity index (χ0) is 21.9. The first kappa shape index (κ1) is 21.7. The average Bonchev–Trinajstić information content (AvgIpc) is 2.70. The van der Waals surface area contributed by atoms with Gasteiger partial charge in [0.1, 0.15) is 11.1 Å². The first-order chi connectivity index (χ1) is 14.1. The summed E-state index contributed by atoms with van der Waals surface area (Å²) in [5, 5.41) is 3.39. The maximum absolute atomic E-state index is 13.2. The summed E-state index contributed by atoms with van der Waals surface area (Å²) in [6.45, 7) is 8.88. The van der Waals surface area contributed by atoms with E-state index in [9.17, 15) is 9.59 Å². The average molecular weight is 410 g/mol. The van der Waals surface area contributed by atoms with E-state index in [4.69, 9.17) is 4.74 Å². The van der Waals surface area contributed by atoms with Crippen molar-refractivity contribution in [3.05, 3.63) is 65.7 Å². The number of nitrogens with zero attached hydrogens (tertiary/aromatic N) is 2. The molecule has 30 heavy (non-hydrogen) atoms. The van der Waals surface area contributed by atoms with E-state index in [2.05, 4.69) is 17.4 Å². The van der Waals surface area contributed by atoms with Crippen molar-refractivity contribution in [2.24, 2.45) is 0 Å². The van der Waals surface area contributed by atoms with Crippen LogP contribution in [-0.4, -0.2) is 47.5 Å². The van der Waals surface area contributed by atoms with E-state index >= 15 is 0 Å². The molecule has 1 N–H and O–H groups in total. The monoisotopic (exact) mass is 409 g/mol. The van der Waals surface area contributed by atoms with Gasteiger partial charge in [0.2, 0.25) is 0 Å². The summed E-state index contributed by atoms with van der Waals surface area (Å²) in [7, 11) is 1.77. The molecule has 2 amide bonds. The molecule has 0 bridgehead atoms. The summed E-state index contributed by atoms with van der Waals surface area (Å²) < 4.78 is 5.59. The zero-order valence-electron chi connectivity index (χ0n) is 18.4. The molecule has 6 nitrogen and oxygen atoms in total. The Kier molecular flexibility index (Phi) is 6.06. The van der Waals surface area contributed by atoms with Crippen molar-refractivity contribution in [3.63, 3.8) is 0 Å². The minimum Gasteiger partial charge on any atom is -0.444 e. The van der Waals surface area contributed by atoms with Gasteiger partial charge in [-0.15, -0.1) is 0 Å². The van der Waals surface area contributed by atoms with Gasteiger partial charge in [0.15, 0.2) is 0 Å². The van der Waals surface area contributed by atoms with E-state index in [1.165, 1.54) is 5.56 Å². The Morgan fingerprint density at radius 1 is 1.07 bits per heavy atom. The Hall–Kier alpha value is -3.02. The van der Waals surface area contributed by atoms with Crippen molar-refractivity contribution >= 4 is 17.7 Å². The molecule has 160 valence electrons. The standard InChI is InChI=1S/C24H31N3O3/c1-23(2,3)30-22(29)27-16-15-26(5)21(28)24(27,4)19-11-13-20(14-12-19)25-17-18-9-7-6-8-10-18/h6-14,25H,15-17H2,1-5H3. The quantitative estimate of drug-likeness (QED) is 0.821. The number of likely N-dealkylation sites (N-methyl/N-ethyl adjacent to an activating group) is 1. The number of carbonyl (C=O) groups excluding carboxylic acids is 2. The van der Waals surface area contributed by atoms with Crippen molar-refractivity contribution in [3.8, 4) is 0 Å². The molecule has 6 heteroatoms. The van der Waals surface area contributed by atoms with Gasteiger partial charge in [0.25, 0.3) is 5.91 Å². The molecule has 2 aromatic rings. The minimum atomic E-state index is -1.12. The molecular weight excluding hydrogens is 378 g/mol. The summed E-state index contributed by atoms with van der Waals surface area (Å²) in [4.78, 5) is 29.3. The normalized spacial score (nSPS) is 19.6. The van der Waals surface area contributed by atoms with Crippen molar-refractivity contribution in [2.75, 3.05) is 25.5 Å². The van der Waals surface area contributed by atoms with Crippen LogP contribution in [0.1, 0.15) is 38.8 Å². The van der Waals surface area contributed by atoms with Crippen LogP contribution in [0.3, 0.4) is 0 Å². The molecule has 0 aromatic heterocycles. The lowest BCUT2D eigenvalue weighted by molar-refractivity contribution is -0.148. The Morgan fingerprint density at radius 2 is 1.70 bits per heavy atom. The number of hydrogen-bond acceptors (Lipinski definition) is 4. The van der Waals surface area contributed by atoms with E-state index in [-0.39, 0.29) is 5.91 Å². The molecule has 0 radical (unpaired) electrons. The van der Waals surface area contributed by atoms with Crippen LogP contribution in [0.25, 0.3) is 0 Å². The van der Waals surface area contributed by atoms with Gasteiger partial charge >= 0.3 is 6.09 Å². The van der Waals surface area contributed by atoms with Crippen LogP contribution in [0.15, 0.2) is 54.6 Å². The summed E-state index contributed by atoms with van der Waals surface area (Å²) in [5.74, 6) is -0.121. The van der Waals surface area contributed by atoms with E-state index in [1.807, 2.05) is 63.2 Å². The predicted molar refractivity (Wildman–Crippen MR) is 118 cm³/mol. The predicted octanol–water partition coefficient (Wildman–Crippen LogP) is 4.22. The number of hydrogen-bond donors (Lipinski definition) is 1. The molecule has 1 saturated heterocycles. The van der Waals surface area contributed by atoms with Gasteiger partial charge in [-0.1, -0.05) is 42.5 Å². The summed E-state index contributed by atoms with van der Waals surface area (Å²) in [5.41, 5.74) is 1.15. The fraction of sp³-hybridized carbons (Fsp3) is 0.417. The molecule has 2 aromatic carbocycles. The van der Waals surface area contributed by atoms with E-state index in [0.717, 1.165) is 11.3 Å². The van der Waals surface area contributed by atoms with Gasteiger partial charge in [-0.3, -0.25) is 9.69 Å². The lowest BCUT2D eigenvalue weighted by atomic mass is 9.86. The summed E-state index contributed by atoms with van der Waals surface area (Å²) >= 11 is 0. The Labute approximate surface area is 178 Å². The van der Waals surface area contributed by atoms with Crippen LogP contribution in [0.4, 0.5) is 10.5 Å². The molecule has 0 saturated carbocycles. The fourth-order valence-electron chi connectivity index (χ4n) is 3.65. The second-order valence-corrected chi connectivity index (χ2v) is 8.85. The zero-order valence-corrected chi connectivity index (χ0v) is 18.4. The minimum absolute atomic E-state index is 0.121. The third-order valence-corrected chi connectivity index (χ3v) is 5.36. The lowest BCUT2D eigenvalue weighted by Gasteiger charge is -2.46. The highest BCUT2D eigenvalue weighted by Crippen LogP contribution is 2.35. The van der Waals surface area contributed by atoms with Crippen molar-refractivity contribution in [1.82, 2.24) is 9.80 Å². The number of ether oxygens (including phenoxy) is 1. The molecular formula is C24H31N3O3. The maximum Gasteiger partial charge on any atom is 0.411 e. The van der Waals surface area contributed by atoms with E-state index in [0.29, 0.717) is 19.6 Å². The molecule has 1 aliphatic rings. The van der Waals surface area contributed by atoms with Crippen molar-refractivity contribution < 1.29 is 14.3 Å². The summed E-state index contributed by atoms with van der Waals surface area (Å²) in [6, 6.07) is 17.8. The van der Waals surface area contributed by atoms with Crippen LogP contribution in [0.5, 0.6) is 0 Å². The molecule has 1 aliphatic heterocycles. The SMILES string of the molecule is CN1CCN(C(=O)OC(C)(C)C)C(C)(c2ccc(NCc3ccccc3)cc2)C1=O. The first-order valence-electron chi connectivity index (χ1n) is 10.3. The second kappa shape index (κ2) is 8.38. The molecule has 0 spiro atoms. The Bertz CT molecular complexity index is 890. The highest BCUT2D eigenvalue weighted by molar-refractivity contribution is 5.92. The van der Waals surface area contributed by atoms with Crippen LogP contribution >= 0.6 is 0 Å². The van der Waals surface area contributed by atoms with Gasteiger partial charge in [-0.25, -0.2) is 4.79 Å². The number of amides is 2. The summed E-state index contributed by atoms with van der Waals surface area (Å²) in [6.07, 6.45) is -0.474. The van der Waals surface area contributed by atoms with E-state index in [1.54, 1.807) is 23.8 Å². The Balaban J connectivity index is 1.83. The number of anilines is 1. The fourth-order valence-corrected chi connectivity index (χ4v) is 3.65. The highest BCUT2D eigenvalue weighted by Gasteiger charge is 2.49. The van der Waals surface area contributed by atoms with Crippen LogP contribution in [0.2, 0.25) is 0 Å². The third kappa shape index (κ3) is 4.58.